The monoisotopic (exact) mass is 406 g/mol. The molecule has 154 valence electrons. The van der Waals surface area contributed by atoms with Gasteiger partial charge in [-0.1, -0.05) is 18.2 Å². The molecule has 1 fully saturated rings. The zero-order valence-electron chi connectivity index (χ0n) is 15.6. The maximum absolute atomic E-state index is 12.7. The van der Waals surface area contributed by atoms with E-state index in [0.29, 0.717) is 13.2 Å². The lowest BCUT2D eigenvalue weighted by Crippen LogP contribution is -2.36. The molecule has 0 radical (unpaired) electrons. The van der Waals surface area contributed by atoms with E-state index >= 15 is 0 Å². The summed E-state index contributed by atoms with van der Waals surface area (Å²) in [7, 11) is 0. The van der Waals surface area contributed by atoms with Crippen molar-refractivity contribution in [1.82, 2.24) is 5.43 Å². The van der Waals surface area contributed by atoms with Gasteiger partial charge in [0, 0.05) is 24.5 Å². The highest BCUT2D eigenvalue weighted by Crippen LogP contribution is 2.30. The average molecular weight is 406 g/mol. The molecular weight excluding hydrogens is 385 g/mol. The van der Waals surface area contributed by atoms with E-state index < -0.39 is 17.6 Å². The van der Waals surface area contributed by atoms with Crippen molar-refractivity contribution in [3.05, 3.63) is 59.7 Å². The third-order valence-corrected chi connectivity index (χ3v) is 4.32. The molecule has 0 aliphatic carbocycles. The average Bonchev–Trinajstić information content (AvgIpc) is 2.73. The van der Waals surface area contributed by atoms with Gasteiger partial charge in [0.05, 0.1) is 31.5 Å². The van der Waals surface area contributed by atoms with Crippen LogP contribution in [0.1, 0.15) is 11.1 Å². The molecule has 9 heteroatoms. The van der Waals surface area contributed by atoms with Crippen LogP contribution in [0.2, 0.25) is 0 Å². The zero-order valence-corrected chi connectivity index (χ0v) is 15.6. The number of carbonyl (C=O) groups is 1. The first-order valence-corrected chi connectivity index (χ1v) is 9.07. The van der Waals surface area contributed by atoms with E-state index in [4.69, 9.17) is 4.74 Å². The lowest BCUT2D eigenvalue weighted by Gasteiger charge is -2.28. The molecule has 3 rings (SSSR count). The van der Waals surface area contributed by atoms with E-state index in [1.807, 2.05) is 24.3 Å². The van der Waals surface area contributed by atoms with E-state index in [1.165, 1.54) is 18.3 Å². The summed E-state index contributed by atoms with van der Waals surface area (Å²) in [6, 6.07) is 12.4. The van der Waals surface area contributed by atoms with Crippen LogP contribution in [0.25, 0.3) is 0 Å². The van der Waals surface area contributed by atoms with Crippen molar-refractivity contribution in [3.8, 4) is 0 Å². The lowest BCUT2D eigenvalue weighted by atomic mass is 10.2. The Labute approximate surface area is 166 Å². The summed E-state index contributed by atoms with van der Waals surface area (Å²) in [6.07, 6.45) is -2.92. The summed E-state index contributed by atoms with van der Waals surface area (Å²) in [6.45, 7) is 2.92. The summed E-state index contributed by atoms with van der Waals surface area (Å²) in [5, 5.41) is 6.52. The lowest BCUT2D eigenvalue weighted by molar-refractivity contribution is -0.137. The third-order valence-electron chi connectivity index (χ3n) is 4.32. The largest absolute Gasteiger partial charge is 0.416 e. The van der Waals surface area contributed by atoms with Crippen LogP contribution in [0, 0.1) is 0 Å². The Bertz CT molecular complexity index is 848. The summed E-state index contributed by atoms with van der Waals surface area (Å²) in [5.74, 6) is -0.469. The highest BCUT2D eigenvalue weighted by Gasteiger charge is 2.30. The number of benzene rings is 2. The molecule has 2 aromatic carbocycles. The molecule has 0 spiro atoms. The number of ether oxygens (including phenoxy) is 1. The van der Waals surface area contributed by atoms with Gasteiger partial charge in [0.2, 0.25) is 0 Å². The smallest absolute Gasteiger partial charge is 0.378 e. The first-order chi connectivity index (χ1) is 13.9. The van der Waals surface area contributed by atoms with Crippen molar-refractivity contribution in [2.75, 3.05) is 43.1 Å². The van der Waals surface area contributed by atoms with Crippen LogP contribution in [0.15, 0.2) is 53.6 Å². The van der Waals surface area contributed by atoms with Gasteiger partial charge >= 0.3 is 6.18 Å². The Morgan fingerprint density at radius 3 is 2.55 bits per heavy atom. The number of nitrogens with zero attached hydrogens (tertiary/aromatic N) is 2. The summed E-state index contributed by atoms with van der Waals surface area (Å²) >= 11 is 0. The van der Waals surface area contributed by atoms with Crippen LogP contribution >= 0.6 is 0 Å². The van der Waals surface area contributed by atoms with Gasteiger partial charge < -0.3 is 15.0 Å². The number of nitrogens with one attached hydrogen (secondary N) is 2. The first kappa shape index (κ1) is 20.7. The van der Waals surface area contributed by atoms with Crippen molar-refractivity contribution in [2.24, 2.45) is 5.10 Å². The SMILES string of the molecule is O=C(CNc1cccc(C(F)(F)F)c1)N/N=C/c1ccc(N2CCOCC2)cc1. The molecule has 2 N–H and O–H groups in total. The molecular formula is C20H21F3N4O2. The molecule has 1 aliphatic rings. The second-order valence-electron chi connectivity index (χ2n) is 6.42. The Morgan fingerprint density at radius 2 is 1.86 bits per heavy atom. The Kier molecular flexibility index (Phi) is 6.71. The number of hydrogen-bond acceptors (Lipinski definition) is 5. The number of alkyl halides is 3. The predicted molar refractivity (Wildman–Crippen MR) is 105 cm³/mol. The van der Waals surface area contributed by atoms with E-state index in [2.05, 4.69) is 20.7 Å². The molecule has 1 amide bonds. The molecule has 29 heavy (non-hydrogen) atoms. The predicted octanol–water partition coefficient (Wildman–Crippen LogP) is 3.10. The Morgan fingerprint density at radius 1 is 1.14 bits per heavy atom. The highest BCUT2D eigenvalue weighted by atomic mass is 19.4. The van der Waals surface area contributed by atoms with Gasteiger partial charge in [-0.3, -0.25) is 4.79 Å². The van der Waals surface area contributed by atoms with Gasteiger partial charge in [-0.05, 0) is 35.9 Å². The van der Waals surface area contributed by atoms with Crippen molar-refractivity contribution in [3.63, 3.8) is 0 Å². The second kappa shape index (κ2) is 9.42. The van der Waals surface area contributed by atoms with E-state index in [0.717, 1.165) is 36.5 Å². The number of morpholine rings is 1. The minimum Gasteiger partial charge on any atom is -0.378 e. The van der Waals surface area contributed by atoms with Crippen LogP contribution in [0.5, 0.6) is 0 Å². The zero-order chi connectivity index (χ0) is 20.7. The molecule has 6 nitrogen and oxygen atoms in total. The fourth-order valence-electron chi connectivity index (χ4n) is 2.80. The second-order valence-corrected chi connectivity index (χ2v) is 6.42. The molecule has 0 atom stereocenters. The summed E-state index contributed by atoms with van der Waals surface area (Å²) in [5.41, 5.74) is 3.68. The molecule has 0 aromatic heterocycles. The van der Waals surface area contributed by atoms with Crippen molar-refractivity contribution in [1.29, 1.82) is 0 Å². The molecule has 0 saturated carbocycles. The third kappa shape index (κ3) is 6.21. The van der Waals surface area contributed by atoms with Crippen LogP contribution in [-0.2, 0) is 15.7 Å². The normalized spacial score (nSPS) is 14.8. The maximum atomic E-state index is 12.7. The topological polar surface area (TPSA) is 66.0 Å². The van der Waals surface area contributed by atoms with Crippen LogP contribution in [0.4, 0.5) is 24.5 Å². The van der Waals surface area contributed by atoms with Gasteiger partial charge in [-0.25, -0.2) is 5.43 Å². The quantitative estimate of drug-likeness (QED) is 0.572. The molecule has 1 aliphatic heterocycles. The van der Waals surface area contributed by atoms with Gasteiger partial charge in [0.15, 0.2) is 0 Å². The van der Waals surface area contributed by atoms with Crippen LogP contribution in [-0.4, -0.2) is 45.0 Å². The Hall–Kier alpha value is -3.07. The first-order valence-electron chi connectivity index (χ1n) is 9.07. The molecule has 2 aromatic rings. The van der Waals surface area contributed by atoms with Crippen molar-refractivity contribution >= 4 is 23.5 Å². The molecule has 1 saturated heterocycles. The fraction of sp³-hybridized carbons (Fsp3) is 0.300. The molecule has 0 unspecified atom stereocenters. The number of halogens is 3. The summed E-state index contributed by atoms with van der Waals surface area (Å²) in [4.78, 5) is 14.0. The highest BCUT2D eigenvalue weighted by molar-refractivity contribution is 5.84. The van der Waals surface area contributed by atoms with Gasteiger partial charge in [-0.15, -0.1) is 0 Å². The van der Waals surface area contributed by atoms with E-state index in [1.54, 1.807) is 0 Å². The van der Waals surface area contributed by atoms with Crippen molar-refractivity contribution in [2.45, 2.75) is 6.18 Å². The molecule has 1 heterocycles. The van der Waals surface area contributed by atoms with Crippen LogP contribution < -0.4 is 15.6 Å². The van der Waals surface area contributed by atoms with E-state index in [-0.39, 0.29) is 12.2 Å². The Balaban J connectivity index is 1.46. The van der Waals surface area contributed by atoms with Gasteiger partial charge in [-0.2, -0.15) is 18.3 Å². The minimum atomic E-state index is -4.43. The molecule has 0 bridgehead atoms. The number of anilines is 2. The van der Waals surface area contributed by atoms with Crippen molar-refractivity contribution < 1.29 is 22.7 Å². The van der Waals surface area contributed by atoms with Gasteiger partial charge in [0.25, 0.3) is 5.91 Å². The number of carbonyl (C=O) groups excluding carboxylic acids is 1. The minimum absolute atomic E-state index is 0.200. The number of rotatable bonds is 6. The number of hydrazone groups is 1. The summed E-state index contributed by atoms with van der Waals surface area (Å²) < 4.78 is 43.4. The number of amides is 1. The van der Waals surface area contributed by atoms with Gasteiger partial charge in [0.1, 0.15) is 0 Å². The van der Waals surface area contributed by atoms with E-state index in [9.17, 15) is 18.0 Å². The fourth-order valence-corrected chi connectivity index (χ4v) is 2.80. The van der Waals surface area contributed by atoms with Crippen LogP contribution in [0.3, 0.4) is 0 Å². The maximum Gasteiger partial charge on any atom is 0.416 e. The standard InChI is InChI=1S/C20H21F3N4O2/c21-20(22,23)16-2-1-3-17(12-16)24-14-19(28)26-25-13-15-4-6-18(7-5-15)27-8-10-29-11-9-27/h1-7,12-13,24H,8-11,14H2,(H,26,28)/b25-13+. The number of hydrogen-bond donors (Lipinski definition) is 2.